The van der Waals surface area contributed by atoms with Crippen LogP contribution >= 0.6 is 0 Å². The zero-order valence-corrected chi connectivity index (χ0v) is 10.4. The van der Waals surface area contributed by atoms with E-state index in [0.29, 0.717) is 5.92 Å². The minimum atomic E-state index is -4.34. The first-order valence-electron chi connectivity index (χ1n) is 6.44. The number of hydrogen-bond acceptors (Lipinski definition) is 2. The first-order valence-corrected chi connectivity index (χ1v) is 6.44. The maximum absolute atomic E-state index is 12.4. The van der Waals surface area contributed by atoms with E-state index in [4.69, 9.17) is 5.73 Å². The van der Waals surface area contributed by atoms with E-state index in [0.717, 1.165) is 24.2 Å². The Kier molecular flexibility index (Phi) is 3.58. The van der Waals surface area contributed by atoms with Crippen LogP contribution in [0, 0.1) is 17.8 Å². The lowest BCUT2D eigenvalue weighted by Crippen LogP contribution is -2.49. The van der Waals surface area contributed by atoms with Gasteiger partial charge >= 0.3 is 6.18 Å². The van der Waals surface area contributed by atoms with Gasteiger partial charge in [0.15, 0.2) is 0 Å². The van der Waals surface area contributed by atoms with E-state index in [2.05, 4.69) is 0 Å². The van der Waals surface area contributed by atoms with Crippen LogP contribution in [-0.2, 0) is 4.79 Å². The summed E-state index contributed by atoms with van der Waals surface area (Å²) >= 11 is 0. The van der Waals surface area contributed by atoms with Crippen LogP contribution < -0.4 is 5.73 Å². The zero-order chi connectivity index (χ0) is 13.5. The molecule has 0 radical (unpaired) electrons. The Morgan fingerprint density at radius 1 is 1.33 bits per heavy atom. The number of carbonyl (C=O) groups excluding carboxylic acids is 1. The van der Waals surface area contributed by atoms with Gasteiger partial charge < -0.3 is 10.6 Å². The zero-order valence-electron chi connectivity index (χ0n) is 10.4. The van der Waals surface area contributed by atoms with Crippen LogP contribution in [0.5, 0.6) is 0 Å². The number of hydrogen-bond donors (Lipinski definition) is 1. The fraction of sp³-hybridized carbons (Fsp3) is 0.917. The maximum Gasteiger partial charge on any atom is 0.406 e. The highest BCUT2D eigenvalue weighted by Gasteiger charge is 2.50. The predicted molar refractivity (Wildman–Crippen MR) is 60.6 cm³/mol. The Hall–Kier alpha value is -0.780. The summed E-state index contributed by atoms with van der Waals surface area (Å²) in [6.07, 6.45) is -1.49. The largest absolute Gasteiger partial charge is 0.406 e. The topological polar surface area (TPSA) is 46.3 Å². The van der Waals surface area contributed by atoms with Gasteiger partial charge in [0.25, 0.3) is 0 Å². The Morgan fingerprint density at radius 2 is 1.94 bits per heavy atom. The number of halogens is 3. The van der Waals surface area contributed by atoms with E-state index in [1.54, 1.807) is 6.92 Å². The summed E-state index contributed by atoms with van der Waals surface area (Å²) in [6.45, 7) is 0.490. The summed E-state index contributed by atoms with van der Waals surface area (Å²) < 4.78 is 37.2. The average Bonchev–Trinajstić information content (AvgIpc) is 2.84. The number of rotatable bonds is 3. The first kappa shape index (κ1) is 13.6. The molecule has 0 spiro atoms. The molecule has 0 aromatic rings. The SMILES string of the molecule is CCN(CC(F)(F)F)C(=O)C1C2CCC(C2)C1N. The van der Waals surface area contributed by atoms with Crippen LogP contribution in [0.4, 0.5) is 13.2 Å². The molecular weight excluding hydrogens is 245 g/mol. The molecule has 104 valence electrons. The highest BCUT2D eigenvalue weighted by Crippen LogP contribution is 2.48. The van der Waals surface area contributed by atoms with E-state index in [9.17, 15) is 18.0 Å². The van der Waals surface area contributed by atoms with Crippen molar-refractivity contribution in [2.45, 2.75) is 38.4 Å². The van der Waals surface area contributed by atoms with Crippen LogP contribution in [0.25, 0.3) is 0 Å². The average molecular weight is 264 g/mol. The van der Waals surface area contributed by atoms with E-state index in [1.807, 2.05) is 0 Å². The van der Waals surface area contributed by atoms with Crippen molar-refractivity contribution < 1.29 is 18.0 Å². The lowest BCUT2D eigenvalue weighted by atomic mass is 9.84. The molecular formula is C12H19F3N2O. The van der Waals surface area contributed by atoms with E-state index in [-0.39, 0.29) is 18.5 Å². The van der Waals surface area contributed by atoms with Crippen molar-refractivity contribution in [2.75, 3.05) is 13.1 Å². The third-order valence-electron chi connectivity index (χ3n) is 4.33. The van der Waals surface area contributed by atoms with Gasteiger partial charge in [0.1, 0.15) is 6.54 Å². The lowest BCUT2D eigenvalue weighted by molar-refractivity contribution is -0.164. The van der Waals surface area contributed by atoms with E-state index >= 15 is 0 Å². The summed E-state index contributed by atoms with van der Waals surface area (Å²) in [6, 6.07) is -0.251. The molecule has 0 heterocycles. The van der Waals surface area contributed by atoms with Crippen molar-refractivity contribution in [2.24, 2.45) is 23.5 Å². The highest BCUT2D eigenvalue weighted by molar-refractivity contribution is 5.80. The quantitative estimate of drug-likeness (QED) is 0.844. The number of fused-ring (bicyclic) bond motifs is 2. The molecule has 0 aromatic carbocycles. The second-order valence-electron chi connectivity index (χ2n) is 5.40. The fourth-order valence-electron chi connectivity index (χ4n) is 3.48. The van der Waals surface area contributed by atoms with Crippen LogP contribution in [0.2, 0.25) is 0 Å². The Bertz CT molecular complexity index is 330. The number of amides is 1. The Balaban J connectivity index is 2.05. The van der Waals surface area contributed by atoms with Gasteiger partial charge in [0, 0.05) is 12.6 Å². The van der Waals surface area contributed by atoms with Crippen molar-refractivity contribution in [1.82, 2.24) is 4.90 Å². The molecule has 18 heavy (non-hydrogen) atoms. The number of alkyl halides is 3. The second kappa shape index (κ2) is 4.72. The highest BCUT2D eigenvalue weighted by atomic mass is 19.4. The van der Waals surface area contributed by atoms with Gasteiger partial charge in [-0.3, -0.25) is 4.79 Å². The van der Waals surface area contributed by atoms with Gasteiger partial charge in [-0.15, -0.1) is 0 Å². The Morgan fingerprint density at radius 3 is 2.39 bits per heavy atom. The molecule has 0 saturated heterocycles. The van der Waals surface area contributed by atoms with Gasteiger partial charge in [0.05, 0.1) is 5.92 Å². The third kappa shape index (κ3) is 2.48. The molecule has 2 N–H and O–H groups in total. The van der Waals surface area contributed by atoms with E-state index in [1.165, 1.54) is 0 Å². The third-order valence-corrected chi connectivity index (χ3v) is 4.33. The normalized spacial score (nSPS) is 34.9. The molecule has 2 aliphatic rings. The number of carbonyl (C=O) groups is 1. The molecule has 2 fully saturated rings. The van der Waals surface area contributed by atoms with Crippen LogP contribution in [0.15, 0.2) is 0 Å². The van der Waals surface area contributed by atoms with Crippen molar-refractivity contribution in [3.8, 4) is 0 Å². The molecule has 1 amide bonds. The summed E-state index contributed by atoms with van der Waals surface area (Å²) in [7, 11) is 0. The van der Waals surface area contributed by atoms with Gasteiger partial charge in [-0.2, -0.15) is 13.2 Å². The van der Waals surface area contributed by atoms with Crippen LogP contribution in [0.1, 0.15) is 26.2 Å². The summed E-state index contributed by atoms with van der Waals surface area (Å²) in [5, 5.41) is 0. The molecule has 0 aromatic heterocycles. The molecule has 6 heteroatoms. The van der Waals surface area contributed by atoms with Gasteiger partial charge in [-0.05, 0) is 38.0 Å². The summed E-state index contributed by atoms with van der Waals surface area (Å²) in [4.78, 5) is 13.1. The minimum absolute atomic E-state index is 0.0823. The molecule has 2 saturated carbocycles. The fourth-order valence-corrected chi connectivity index (χ4v) is 3.48. The van der Waals surface area contributed by atoms with Gasteiger partial charge in [-0.25, -0.2) is 0 Å². The maximum atomic E-state index is 12.4. The first-order chi connectivity index (χ1) is 8.33. The van der Waals surface area contributed by atoms with Crippen molar-refractivity contribution in [3.05, 3.63) is 0 Å². The van der Waals surface area contributed by atoms with Gasteiger partial charge in [-0.1, -0.05) is 0 Å². The minimum Gasteiger partial charge on any atom is -0.334 e. The van der Waals surface area contributed by atoms with Gasteiger partial charge in [0.2, 0.25) is 5.91 Å². The second-order valence-corrected chi connectivity index (χ2v) is 5.40. The van der Waals surface area contributed by atoms with E-state index < -0.39 is 24.5 Å². The molecule has 4 unspecified atom stereocenters. The van der Waals surface area contributed by atoms with Crippen molar-refractivity contribution >= 4 is 5.91 Å². The number of nitrogens with two attached hydrogens (primary N) is 1. The molecule has 0 aliphatic heterocycles. The Labute approximate surface area is 104 Å². The standard InChI is InChI=1S/C12H19F3N2O/c1-2-17(6-12(13,14)15)11(18)9-7-3-4-8(5-7)10(9)16/h7-10H,2-6,16H2,1H3. The predicted octanol–water partition coefficient (Wildman–Crippen LogP) is 1.77. The monoisotopic (exact) mass is 264 g/mol. The lowest BCUT2D eigenvalue weighted by Gasteiger charge is -2.32. The molecule has 2 rings (SSSR count). The molecule has 3 nitrogen and oxygen atoms in total. The molecule has 2 bridgehead atoms. The van der Waals surface area contributed by atoms with Crippen LogP contribution in [-0.4, -0.2) is 36.1 Å². The summed E-state index contributed by atoms with van der Waals surface area (Å²) in [5.41, 5.74) is 5.99. The molecule has 2 aliphatic carbocycles. The van der Waals surface area contributed by atoms with Crippen molar-refractivity contribution in [1.29, 1.82) is 0 Å². The smallest absolute Gasteiger partial charge is 0.334 e. The summed E-state index contributed by atoms with van der Waals surface area (Å²) in [5.74, 6) is -0.283. The molecule has 4 atom stereocenters. The number of nitrogens with zero attached hydrogens (tertiary/aromatic N) is 1. The van der Waals surface area contributed by atoms with Crippen LogP contribution in [0.3, 0.4) is 0 Å². The van der Waals surface area contributed by atoms with Crippen molar-refractivity contribution in [3.63, 3.8) is 0 Å².